The van der Waals surface area contributed by atoms with Gasteiger partial charge in [-0.2, -0.15) is 5.10 Å². The number of nitrogens with one attached hydrogen (secondary N) is 2. The highest BCUT2D eigenvalue weighted by molar-refractivity contribution is 8.00. The van der Waals surface area contributed by atoms with E-state index in [9.17, 15) is 4.79 Å². The van der Waals surface area contributed by atoms with E-state index in [0.717, 1.165) is 5.69 Å². The van der Waals surface area contributed by atoms with Crippen molar-refractivity contribution in [1.82, 2.24) is 10.2 Å². The SMILES string of the molecule is CC(C)SCC(=O)Nc1cc(C(C)(C)C)[nH]n1. The first-order chi connectivity index (χ1) is 7.79. The predicted octanol–water partition coefficient (Wildman–Crippen LogP) is 2.79. The lowest BCUT2D eigenvalue weighted by molar-refractivity contribution is -0.113. The molecule has 2 N–H and O–H groups in total. The summed E-state index contributed by atoms with van der Waals surface area (Å²) < 4.78 is 0. The van der Waals surface area contributed by atoms with Gasteiger partial charge in [0.15, 0.2) is 5.82 Å². The summed E-state index contributed by atoms with van der Waals surface area (Å²) in [7, 11) is 0. The summed E-state index contributed by atoms with van der Waals surface area (Å²) in [5.74, 6) is 1.06. The maximum atomic E-state index is 11.6. The molecule has 4 nitrogen and oxygen atoms in total. The van der Waals surface area contributed by atoms with E-state index in [4.69, 9.17) is 0 Å². The Bertz CT molecular complexity index is 379. The van der Waals surface area contributed by atoms with Gasteiger partial charge in [0, 0.05) is 17.2 Å². The van der Waals surface area contributed by atoms with Gasteiger partial charge in [-0.15, -0.1) is 11.8 Å². The molecule has 5 heteroatoms. The fourth-order valence-electron chi connectivity index (χ4n) is 1.19. The van der Waals surface area contributed by atoms with E-state index < -0.39 is 0 Å². The summed E-state index contributed by atoms with van der Waals surface area (Å²) in [5, 5.41) is 10.3. The van der Waals surface area contributed by atoms with Gasteiger partial charge >= 0.3 is 0 Å². The van der Waals surface area contributed by atoms with Crippen LogP contribution >= 0.6 is 11.8 Å². The Morgan fingerprint density at radius 2 is 2.18 bits per heavy atom. The number of hydrogen-bond donors (Lipinski definition) is 2. The second-order valence-corrected chi connectivity index (χ2v) is 6.89. The molecule has 0 saturated carbocycles. The van der Waals surface area contributed by atoms with Gasteiger partial charge in [0.25, 0.3) is 0 Å². The van der Waals surface area contributed by atoms with Gasteiger partial charge < -0.3 is 5.32 Å². The largest absolute Gasteiger partial charge is 0.308 e. The third-order valence-corrected chi connectivity index (χ3v) is 3.30. The molecular weight excluding hydrogens is 234 g/mol. The molecule has 17 heavy (non-hydrogen) atoms. The molecule has 1 heterocycles. The van der Waals surface area contributed by atoms with E-state index in [0.29, 0.717) is 16.8 Å². The Balaban J connectivity index is 2.52. The topological polar surface area (TPSA) is 57.8 Å². The highest BCUT2D eigenvalue weighted by Gasteiger charge is 2.17. The van der Waals surface area contributed by atoms with Crippen LogP contribution in [0.3, 0.4) is 0 Å². The molecule has 0 radical (unpaired) electrons. The Morgan fingerprint density at radius 1 is 1.53 bits per heavy atom. The number of thioether (sulfide) groups is 1. The van der Waals surface area contributed by atoms with E-state index >= 15 is 0 Å². The number of nitrogens with zero attached hydrogens (tertiary/aromatic N) is 1. The van der Waals surface area contributed by atoms with Crippen molar-refractivity contribution in [3.05, 3.63) is 11.8 Å². The van der Waals surface area contributed by atoms with E-state index in [1.165, 1.54) is 0 Å². The number of amides is 1. The molecule has 0 aliphatic carbocycles. The number of aromatic nitrogens is 2. The van der Waals surface area contributed by atoms with Crippen LogP contribution in [-0.4, -0.2) is 27.1 Å². The Kier molecular flexibility index (Phi) is 4.62. The summed E-state index contributed by atoms with van der Waals surface area (Å²) in [5.41, 5.74) is 1.03. The number of carbonyl (C=O) groups is 1. The number of H-pyrrole nitrogens is 1. The van der Waals surface area contributed by atoms with E-state index in [2.05, 4.69) is 50.1 Å². The normalized spacial score (nSPS) is 11.9. The summed E-state index contributed by atoms with van der Waals surface area (Å²) in [6.07, 6.45) is 0. The summed E-state index contributed by atoms with van der Waals surface area (Å²) >= 11 is 1.62. The zero-order chi connectivity index (χ0) is 13.1. The molecule has 0 unspecified atom stereocenters. The molecule has 0 spiro atoms. The van der Waals surface area contributed by atoms with Crippen molar-refractivity contribution in [2.45, 2.75) is 45.3 Å². The molecule has 96 valence electrons. The van der Waals surface area contributed by atoms with Crippen LogP contribution in [0.4, 0.5) is 5.82 Å². The highest BCUT2D eigenvalue weighted by atomic mass is 32.2. The van der Waals surface area contributed by atoms with Crippen molar-refractivity contribution in [2.75, 3.05) is 11.1 Å². The van der Waals surface area contributed by atoms with Crippen LogP contribution in [0.2, 0.25) is 0 Å². The standard InChI is InChI=1S/C12H21N3OS/c1-8(2)17-7-11(16)13-10-6-9(14-15-10)12(3,4)5/h6,8H,7H2,1-5H3,(H2,13,14,15,16). The second kappa shape index (κ2) is 5.58. The lowest BCUT2D eigenvalue weighted by Gasteiger charge is -2.14. The van der Waals surface area contributed by atoms with Crippen LogP contribution in [0.25, 0.3) is 0 Å². The van der Waals surface area contributed by atoms with Gasteiger partial charge in [0.2, 0.25) is 5.91 Å². The molecule has 1 aromatic heterocycles. The minimum Gasteiger partial charge on any atom is -0.308 e. The number of aromatic amines is 1. The van der Waals surface area contributed by atoms with Crippen LogP contribution in [0.5, 0.6) is 0 Å². The van der Waals surface area contributed by atoms with Crippen LogP contribution in [0.1, 0.15) is 40.3 Å². The average Bonchev–Trinajstić information content (AvgIpc) is 2.62. The van der Waals surface area contributed by atoms with Crippen molar-refractivity contribution < 1.29 is 4.79 Å². The van der Waals surface area contributed by atoms with Crippen LogP contribution < -0.4 is 5.32 Å². The van der Waals surface area contributed by atoms with Gasteiger partial charge in [0.05, 0.1) is 5.75 Å². The van der Waals surface area contributed by atoms with Crippen molar-refractivity contribution >= 4 is 23.5 Å². The average molecular weight is 255 g/mol. The predicted molar refractivity (Wildman–Crippen MR) is 73.5 cm³/mol. The zero-order valence-corrected chi connectivity index (χ0v) is 11.9. The summed E-state index contributed by atoms with van der Waals surface area (Å²) in [6.45, 7) is 10.4. The van der Waals surface area contributed by atoms with E-state index in [1.54, 1.807) is 11.8 Å². The van der Waals surface area contributed by atoms with Crippen LogP contribution in [0.15, 0.2) is 6.07 Å². The molecule has 0 aromatic carbocycles. The van der Waals surface area contributed by atoms with E-state index in [-0.39, 0.29) is 11.3 Å². The molecule has 0 atom stereocenters. The smallest absolute Gasteiger partial charge is 0.235 e. The number of anilines is 1. The molecule has 0 aliphatic rings. The Hall–Kier alpha value is -0.970. The van der Waals surface area contributed by atoms with Crippen LogP contribution in [-0.2, 0) is 10.2 Å². The monoisotopic (exact) mass is 255 g/mol. The molecule has 0 bridgehead atoms. The van der Waals surface area contributed by atoms with Gasteiger partial charge in [-0.3, -0.25) is 9.89 Å². The lowest BCUT2D eigenvalue weighted by atomic mass is 9.92. The molecule has 0 fully saturated rings. The molecule has 0 aliphatic heterocycles. The first-order valence-corrected chi connectivity index (χ1v) is 6.81. The molecule has 0 saturated heterocycles. The van der Waals surface area contributed by atoms with Gasteiger partial charge in [-0.25, -0.2) is 0 Å². The van der Waals surface area contributed by atoms with E-state index in [1.807, 2.05) is 6.07 Å². The summed E-state index contributed by atoms with van der Waals surface area (Å²) in [6, 6.07) is 1.89. The third kappa shape index (κ3) is 4.81. The first kappa shape index (κ1) is 14.1. The fourth-order valence-corrected chi connectivity index (χ4v) is 1.75. The molecular formula is C12H21N3OS. The molecule has 1 rings (SSSR count). The Labute approximate surface area is 107 Å². The highest BCUT2D eigenvalue weighted by Crippen LogP contribution is 2.22. The minimum atomic E-state index is -0.00402. The lowest BCUT2D eigenvalue weighted by Crippen LogP contribution is -2.15. The number of rotatable bonds is 4. The van der Waals surface area contributed by atoms with Gasteiger partial charge in [-0.1, -0.05) is 34.6 Å². The minimum absolute atomic E-state index is 0.00402. The van der Waals surface area contributed by atoms with Gasteiger partial charge in [-0.05, 0) is 5.25 Å². The fraction of sp³-hybridized carbons (Fsp3) is 0.667. The number of carbonyl (C=O) groups excluding carboxylic acids is 1. The van der Waals surface area contributed by atoms with Crippen molar-refractivity contribution in [3.63, 3.8) is 0 Å². The number of hydrogen-bond acceptors (Lipinski definition) is 3. The van der Waals surface area contributed by atoms with Crippen molar-refractivity contribution in [2.24, 2.45) is 0 Å². The third-order valence-electron chi connectivity index (χ3n) is 2.20. The van der Waals surface area contributed by atoms with Crippen molar-refractivity contribution in [1.29, 1.82) is 0 Å². The van der Waals surface area contributed by atoms with Gasteiger partial charge in [0.1, 0.15) is 0 Å². The van der Waals surface area contributed by atoms with Crippen molar-refractivity contribution in [3.8, 4) is 0 Å². The quantitative estimate of drug-likeness (QED) is 0.869. The maximum Gasteiger partial charge on any atom is 0.235 e. The maximum absolute atomic E-state index is 11.6. The van der Waals surface area contributed by atoms with Crippen LogP contribution in [0, 0.1) is 0 Å². The second-order valence-electron chi connectivity index (χ2n) is 5.32. The summed E-state index contributed by atoms with van der Waals surface area (Å²) in [4.78, 5) is 11.6. The Morgan fingerprint density at radius 3 is 2.65 bits per heavy atom. The first-order valence-electron chi connectivity index (χ1n) is 5.76. The zero-order valence-electron chi connectivity index (χ0n) is 11.1. The molecule has 1 amide bonds. The molecule has 1 aromatic rings.